The summed E-state index contributed by atoms with van der Waals surface area (Å²) < 4.78 is 14.2. The summed E-state index contributed by atoms with van der Waals surface area (Å²) in [5, 5.41) is 13.8. The Morgan fingerprint density at radius 3 is 2.49 bits per heavy atom. The second-order valence-corrected chi connectivity index (χ2v) is 9.53. The third kappa shape index (κ3) is 5.65. The normalized spacial score (nSPS) is 11.4. The van der Waals surface area contributed by atoms with Crippen LogP contribution in [-0.2, 0) is 6.54 Å². The molecule has 0 spiro atoms. The minimum Gasteiger partial charge on any atom is -0.497 e. The van der Waals surface area contributed by atoms with Crippen LogP contribution in [0.15, 0.2) is 90.1 Å². The lowest BCUT2D eigenvalue weighted by Gasteiger charge is -2.20. The van der Waals surface area contributed by atoms with Crippen molar-refractivity contribution in [3.8, 4) is 22.9 Å². The number of methoxy groups -OCH3 is 1. The average Bonchev–Trinajstić information content (AvgIpc) is 3.24. The maximum absolute atomic E-state index is 13.3. The lowest BCUT2D eigenvalue weighted by atomic mass is 10.1. The lowest BCUT2D eigenvalue weighted by Crippen LogP contribution is -2.32. The highest BCUT2D eigenvalue weighted by Gasteiger charge is 2.23. The third-order valence-corrected chi connectivity index (χ3v) is 5.87. The number of ether oxygens (including phenoxy) is 2. The van der Waals surface area contributed by atoms with Crippen LogP contribution in [-0.4, -0.2) is 43.1 Å². The molecule has 0 saturated carbocycles. The quantitative estimate of drug-likeness (QED) is 0.308. The Bertz CT molecular complexity index is 1690. The molecule has 3 aromatic heterocycles. The highest BCUT2D eigenvalue weighted by atomic mass is 16.5. The van der Waals surface area contributed by atoms with Gasteiger partial charge >= 0.3 is 0 Å². The predicted octanol–water partition coefficient (Wildman–Crippen LogP) is 4.41. The van der Waals surface area contributed by atoms with Crippen LogP contribution >= 0.6 is 0 Å². The number of para-hydroxylation sites is 1. The zero-order chi connectivity index (χ0) is 27.6. The molecule has 0 aliphatic rings. The molecule has 1 amide bonds. The number of hydrogen-bond acceptors (Lipinski definition) is 7. The molecular weight excluding hydrogens is 498 g/mol. The summed E-state index contributed by atoms with van der Waals surface area (Å²) in [6.07, 6.45) is 4.56. The van der Waals surface area contributed by atoms with Crippen LogP contribution < -0.4 is 20.3 Å². The third-order valence-electron chi connectivity index (χ3n) is 5.87. The van der Waals surface area contributed by atoms with E-state index in [0.29, 0.717) is 22.9 Å². The second kappa shape index (κ2) is 10.4. The van der Waals surface area contributed by atoms with Crippen LogP contribution in [0, 0.1) is 0 Å². The van der Waals surface area contributed by atoms with Gasteiger partial charge in [-0.1, -0.05) is 18.2 Å². The molecule has 0 aliphatic heterocycles. The minimum atomic E-state index is -1.11. The van der Waals surface area contributed by atoms with Gasteiger partial charge in [0.1, 0.15) is 28.6 Å². The van der Waals surface area contributed by atoms with Gasteiger partial charge in [-0.05, 0) is 56.3 Å². The minimum absolute atomic E-state index is 0.0797. The SMILES string of the molecule is COc1ccc2c(Oc3ccc(NC(=O)c4cn(CC(C)(C)O)n(-c5ccccc5)c4=O)nc3)ccnc2c1. The number of anilines is 1. The van der Waals surface area contributed by atoms with Crippen molar-refractivity contribution in [2.75, 3.05) is 12.4 Å². The standard InChI is InChI=1S/C29H27N5O5/c1-29(2,37)18-33-17-23(28(36)34(33)19-7-5-4-6-8-19)27(35)32-26-12-10-21(16-31-26)39-25-13-14-30-24-15-20(38-3)9-11-22(24)25/h4-17,37H,18H2,1-3H3,(H,31,32,35). The first-order valence-corrected chi connectivity index (χ1v) is 12.2. The van der Waals surface area contributed by atoms with Crippen LogP contribution in [0.2, 0.25) is 0 Å². The molecule has 0 fully saturated rings. The van der Waals surface area contributed by atoms with Gasteiger partial charge in [-0.15, -0.1) is 0 Å². The van der Waals surface area contributed by atoms with E-state index < -0.39 is 17.1 Å². The van der Waals surface area contributed by atoms with E-state index in [1.54, 1.807) is 69.6 Å². The van der Waals surface area contributed by atoms with E-state index in [-0.39, 0.29) is 17.9 Å². The average molecular weight is 526 g/mol. The number of aliphatic hydroxyl groups is 1. The maximum atomic E-state index is 13.3. The van der Waals surface area contributed by atoms with E-state index in [2.05, 4.69) is 15.3 Å². The van der Waals surface area contributed by atoms with Gasteiger partial charge in [0, 0.05) is 23.8 Å². The first-order valence-electron chi connectivity index (χ1n) is 12.2. The fourth-order valence-electron chi connectivity index (χ4n) is 4.14. The number of aromatic nitrogens is 4. The van der Waals surface area contributed by atoms with E-state index >= 15 is 0 Å². The first-order chi connectivity index (χ1) is 18.7. The summed E-state index contributed by atoms with van der Waals surface area (Å²) in [5.41, 5.74) is -0.402. The van der Waals surface area contributed by atoms with Gasteiger partial charge < -0.3 is 19.9 Å². The zero-order valence-corrected chi connectivity index (χ0v) is 21.7. The Balaban J connectivity index is 1.36. The van der Waals surface area contributed by atoms with Crippen molar-refractivity contribution >= 4 is 22.6 Å². The van der Waals surface area contributed by atoms with Crippen molar-refractivity contribution in [1.82, 2.24) is 19.3 Å². The molecule has 3 heterocycles. The highest BCUT2D eigenvalue weighted by molar-refractivity contribution is 6.03. The largest absolute Gasteiger partial charge is 0.497 e. The lowest BCUT2D eigenvalue weighted by molar-refractivity contribution is 0.0553. The van der Waals surface area contributed by atoms with Crippen molar-refractivity contribution < 1.29 is 19.4 Å². The summed E-state index contributed by atoms with van der Waals surface area (Å²) in [7, 11) is 1.60. The van der Waals surface area contributed by atoms with Gasteiger partial charge in [0.25, 0.3) is 11.5 Å². The highest BCUT2D eigenvalue weighted by Crippen LogP contribution is 2.30. The second-order valence-electron chi connectivity index (χ2n) is 9.53. The van der Waals surface area contributed by atoms with Gasteiger partial charge in [0.2, 0.25) is 0 Å². The molecule has 10 nitrogen and oxygen atoms in total. The van der Waals surface area contributed by atoms with Crippen molar-refractivity contribution in [2.24, 2.45) is 0 Å². The van der Waals surface area contributed by atoms with Gasteiger partial charge in [0.05, 0.1) is 36.7 Å². The molecule has 2 aromatic carbocycles. The van der Waals surface area contributed by atoms with E-state index in [0.717, 1.165) is 10.9 Å². The zero-order valence-electron chi connectivity index (χ0n) is 21.7. The number of nitrogens with one attached hydrogen (secondary N) is 1. The molecule has 198 valence electrons. The molecule has 0 saturated heterocycles. The first kappa shape index (κ1) is 25.7. The van der Waals surface area contributed by atoms with E-state index in [1.807, 2.05) is 24.3 Å². The Labute approximate surface area is 224 Å². The van der Waals surface area contributed by atoms with Gasteiger partial charge in [-0.25, -0.2) is 9.67 Å². The van der Waals surface area contributed by atoms with E-state index in [4.69, 9.17) is 9.47 Å². The number of pyridine rings is 2. The Kier molecular flexibility index (Phi) is 6.86. The number of carbonyl (C=O) groups is 1. The number of benzene rings is 2. The number of nitrogens with zero attached hydrogens (tertiary/aromatic N) is 4. The predicted molar refractivity (Wildman–Crippen MR) is 147 cm³/mol. The van der Waals surface area contributed by atoms with Gasteiger partial charge in [0.15, 0.2) is 0 Å². The fraction of sp³-hybridized carbons (Fsp3) is 0.172. The number of fused-ring (bicyclic) bond motifs is 1. The molecule has 0 bridgehead atoms. The molecular formula is C29H27N5O5. The number of rotatable bonds is 8. The van der Waals surface area contributed by atoms with E-state index in [9.17, 15) is 14.7 Å². The number of amides is 1. The maximum Gasteiger partial charge on any atom is 0.284 e. The molecule has 5 aromatic rings. The molecule has 0 radical (unpaired) electrons. The fourth-order valence-corrected chi connectivity index (χ4v) is 4.14. The summed E-state index contributed by atoms with van der Waals surface area (Å²) in [6, 6.07) is 19.4. The van der Waals surface area contributed by atoms with Crippen molar-refractivity contribution in [3.63, 3.8) is 0 Å². The van der Waals surface area contributed by atoms with Crippen LogP contribution in [0.5, 0.6) is 17.2 Å². The van der Waals surface area contributed by atoms with Crippen molar-refractivity contribution in [3.05, 3.63) is 101 Å². The summed E-state index contributed by atoms with van der Waals surface area (Å²) in [5.74, 6) is 1.38. The Morgan fingerprint density at radius 2 is 1.79 bits per heavy atom. The summed E-state index contributed by atoms with van der Waals surface area (Å²) in [4.78, 5) is 35.0. The molecule has 39 heavy (non-hydrogen) atoms. The molecule has 2 N–H and O–H groups in total. The number of carbonyl (C=O) groups excluding carboxylic acids is 1. The van der Waals surface area contributed by atoms with Crippen LogP contribution in [0.3, 0.4) is 0 Å². The van der Waals surface area contributed by atoms with E-state index in [1.165, 1.54) is 21.8 Å². The Morgan fingerprint density at radius 1 is 1.03 bits per heavy atom. The van der Waals surface area contributed by atoms with Crippen LogP contribution in [0.25, 0.3) is 16.6 Å². The molecule has 0 unspecified atom stereocenters. The van der Waals surface area contributed by atoms with Gasteiger partial charge in [-0.3, -0.25) is 19.3 Å². The molecule has 0 atom stereocenters. The molecule has 5 rings (SSSR count). The summed E-state index contributed by atoms with van der Waals surface area (Å²) in [6.45, 7) is 3.36. The van der Waals surface area contributed by atoms with Crippen molar-refractivity contribution in [2.45, 2.75) is 26.0 Å². The smallest absolute Gasteiger partial charge is 0.284 e. The number of hydrogen-bond donors (Lipinski definition) is 2. The van der Waals surface area contributed by atoms with Crippen LogP contribution in [0.4, 0.5) is 5.82 Å². The van der Waals surface area contributed by atoms with Gasteiger partial charge in [-0.2, -0.15) is 0 Å². The summed E-state index contributed by atoms with van der Waals surface area (Å²) >= 11 is 0. The topological polar surface area (TPSA) is 120 Å². The van der Waals surface area contributed by atoms with Crippen molar-refractivity contribution in [1.29, 1.82) is 0 Å². The molecule has 0 aliphatic carbocycles. The monoisotopic (exact) mass is 525 g/mol. The van der Waals surface area contributed by atoms with Crippen LogP contribution in [0.1, 0.15) is 24.2 Å². The molecule has 10 heteroatoms. The Hall–Kier alpha value is -4.96.